The van der Waals surface area contributed by atoms with E-state index in [1.807, 2.05) is 7.05 Å². The van der Waals surface area contributed by atoms with Crippen LogP contribution in [0.1, 0.15) is 24.5 Å². The molecule has 1 aliphatic heterocycles. The Morgan fingerprint density at radius 2 is 2.11 bits per heavy atom. The van der Waals surface area contributed by atoms with Gasteiger partial charge in [0, 0.05) is 38.4 Å². The predicted octanol–water partition coefficient (Wildman–Crippen LogP) is 2.29. The van der Waals surface area contributed by atoms with Crippen molar-refractivity contribution in [3.05, 3.63) is 48.2 Å². The molecule has 8 heteroatoms. The topological polar surface area (TPSA) is 73.1 Å². The maximum atomic E-state index is 13.6. The molecule has 3 aromatic rings. The number of piperidine rings is 1. The van der Waals surface area contributed by atoms with Gasteiger partial charge in [-0.25, -0.2) is 19.0 Å². The number of carbonyl (C=O) groups is 1. The Labute approximate surface area is 155 Å². The van der Waals surface area contributed by atoms with E-state index in [-0.39, 0.29) is 24.2 Å². The van der Waals surface area contributed by atoms with Crippen molar-refractivity contribution >= 4 is 17.1 Å². The third kappa shape index (κ3) is 3.47. The van der Waals surface area contributed by atoms with Crippen molar-refractivity contribution in [2.75, 3.05) is 19.7 Å². The van der Waals surface area contributed by atoms with Gasteiger partial charge in [0.1, 0.15) is 5.52 Å². The number of aryl methyl sites for hydroxylation is 1. The number of rotatable bonds is 4. The van der Waals surface area contributed by atoms with E-state index in [0.717, 1.165) is 29.7 Å². The molecule has 1 aliphatic rings. The van der Waals surface area contributed by atoms with Crippen LogP contribution in [0.3, 0.4) is 0 Å². The lowest BCUT2D eigenvalue weighted by molar-refractivity contribution is -0.134. The second kappa shape index (κ2) is 7.30. The van der Waals surface area contributed by atoms with E-state index in [2.05, 4.69) is 15.1 Å². The van der Waals surface area contributed by atoms with Gasteiger partial charge in [-0.15, -0.1) is 0 Å². The molecule has 0 aliphatic carbocycles. The minimum Gasteiger partial charge on any atom is -0.481 e. The van der Waals surface area contributed by atoms with Crippen LogP contribution in [0.5, 0.6) is 5.75 Å². The van der Waals surface area contributed by atoms with Crippen LogP contribution in [0.25, 0.3) is 11.2 Å². The van der Waals surface area contributed by atoms with Crippen LogP contribution >= 0.6 is 0 Å². The first-order chi connectivity index (χ1) is 13.1. The summed E-state index contributed by atoms with van der Waals surface area (Å²) in [6, 6.07) is 6.08. The molecule has 2 aromatic heterocycles. The van der Waals surface area contributed by atoms with E-state index in [4.69, 9.17) is 4.74 Å². The Morgan fingerprint density at radius 1 is 1.30 bits per heavy atom. The maximum Gasteiger partial charge on any atom is 0.260 e. The Kier molecular flexibility index (Phi) is 4.70. The first-order valence-electron chi connectivity index (χ1n) is 8.92. The van der Waals surface area contributed by atoms with Gasteiger partial charge in [0.2, 0.25) is 0 Å². The maximum absolute atomic E-state index is 13.6. The summed E-state index contributed by atoms with van der Waals surface area (Å²) in [5.74, 6) is -0.448. The van der Waals surface area contributed by atoms with Gasteiger partial charge in [-0.05, 0) is 25.0 Å². The van der Waals surface area contributed by atoms with Crippen LogP contribution in [-0.4, -0.2) is 50.3 Å². The number of ether oxygens (including phenoxy) is 1. The SMILES string of the molecule is Cn1nc(C2CCCN(C(=O)COc3ccccc3F)C2)c2nccnc21. The van der Waals surface area contributed by atoms with Crippen molar-refractivity contribution in [1.82, 2.24) is 24.6 Å². The second-order valence-electron chi connectivity index (χ2n) is 6.64. The van der Waals surface area contributed by atoms with Gasteiger partial charge in [0.05, 0.1) is 5.69 Å². The fourth-order valence-corrected chi connectivity index (χ4v) is 3.50. The minimum absolute atomic E-state index is 0.0883. The highest BCUT2D eigenvalue weighted by Crippen LogP contribution is 2.29. The number of hydrogen-bond donors (Lipinski definition) is 0. The summed E-state index contributed by atoms with van der Waals surface area (Å²) in [4.78, 5) is 23.0. The molecule has 0 bridgehead atoms. The highest BCUT2D eigenvalue weighted by atomic mass is 19.1. The molecule has 140 valence electrons. The Hall–Kier alpha value is -3.03. The molecule has 27 heavy (non-hydrogen) atoms. The largest absolute Gasteiger partial charge is 0.481 e. The number of benzene rings is 1. The molecule has 0 spiro atoms. The molecule has 1 atom stereocenters. The molecular formula is C19H20FN5O2. The van der Waals surface area contributed by atoms with Crippen molar-refractivity contribution in [2.24, 2.45) is 7.05 Å². The lowest BCUT2D eigenvalue weighted by atomic mass is 9.94. The third-order valence-corrected chi connectivity index (χ3v) is 4.83. The zero-order valence-electron chi connectivity index (χ0n) is 15.0. The number of amides is 1. The van der Waals surface area contributed by atoms with E-state index in [1.165, 1.54) is 12.1 Å². The van der Waals surface area contributed by atoms with Crippen molar-refractivity contribution in [1.29, 1.82) is 0 Å². The van der Waals surface area contributed by atoms with Gasteiger partial charge >= 0.3 is 0 Å². The monoisotopic (exact) mass is 369 g/mol. The molecule has 0 N–H and O–H groups in total. The quantitative estimate of drug-likeness (QED) is 0.705. The van der Waals surface area contributed by atoms with Crippen LogP contribution in [0.2, 0.25) is 0 Å². The fraction of sp³-hybridized carbons (Fsp3) is 0.368. The zero-order valence-corrected chi connectivity index (χ0v) is 15.0. The van der Waals surface area contributed by atoms with Crippen LogP contribution < -0.4 is 4.74 Å². The first kappa shape index (κ1) is 17.4. The summed E-state index contributed by atoms with van der Waals surface area (Å²) in [5.41, 5.74) is 2.38. The van der Waals surface area contributed by atoms with Crippen LogP contribution in [-0.2, 0) is 11.8 Å². The molecular weight excluding hydrogens is 349 g/mol. The average molecular weight is 369 g/mol. The standard InChI is InChI=1S/C19H20FN5O2/c1-24-19-18(21-8-9-22-19)17(23-24)13-5-4-10-25(11-13)16(26)12-27-15-7-3-2-6-14(15)20/h2-3,6-9,13H,4-5,10-12H2,1H3. The average Bonchev–Trinajstić information content (AvgIpc) is 3.04. The zero-order chi connectivity index (χ0) is 18.8. The molecule has 3 heterocycles. The normalized spacial score (nSPS) is 17.3. The number of carbonyl (C=O) groups excluding carboxylic acids is 1. The summed E-state index contributed by atoms with van der Waals surface area (Å²) >= 11 is 0. The third-order valence-electron chi connectivity index (χ3n) is 4.83. The molecule has 1 aromatic carbocycles. The van der Waals surface area contributed by atoms with Gasteiger partial charge < -0.3 is 9.64 Å². The van der Waals surface area contributed by atoms with Gasteiger partial charge in [0.15, 0.2) is 23.8 Å². The number of aromatic nitrogens is 4. The Morgan fingerprint density at radius 3 is 2.96 bits per heavy atom. The van der Waals surface area contributed by atoms with E-state index in [0.29, 0.717) is 13.1 Å². The highest BCUT2D eigenvalue weighted by Gasteiger charge is 2.29. The number of nitrogens with zero attached hydrogens (tertiary/aromatic N) is 5. The van der Waals surface area contributed by atoms with Crippen LogP contribution in [0.15, 0.2) is 36.7 Å². The summed E-state index contributed by atoms with van der Waals surface area (Å²) in [6.07, 6.45) is 5.10. The molecule has 0 saturated carbocycles. The molecule has 1 fully saturated rings. The predicted molar refractivity (Wildman–Crippen MR) is 96.8 cm³/mol. The van der Waals surface area contributed by atoms with E-state index in [1.54, 1.807) is 34.1 Å². The van der Waals surface area contributed by atoms with Crippen molar-refractivity contribution in [3.63, 3.8) is 0 Å². The molecule has 1 saturated heterocycles. The van der Waals surface area contributed by atoms with Gasteiger partial charge in [-0.1, -0.05) is 12.1 Å². The highest BCUT2D eigenvalue weighted by molar-refractivity contribution is 5.78. The van der Waals surface area contributed by atoms with Gasteiger partial charge in [-0.3, -0.25) is 4.79 Å². The molecule has 7 nitrogen and oxygen atoms in total. The number of para-hydroxylation sites is 1. The van der Waals surface area contributed by atoms with Crippen molar-refractivity contribution in [3.8, 4) is 5.75 Å². The van der Waals surface area contributed by atoms with Gasteiger partial charge in [-0.2, -0.15) is 5.10 Å². The summed E-state index contributed by atoms with van der Waals surface area (Å²) in [6.45, 7) is 1.02. The molecule has 1 amide bonds. The van der Waals surface area contributed by atoms with E-state index in [9.17, 15) is 9.18 Å². The number of likely N-dealkylation sites (tertiary alicyclic amines) is 1. The number of fused-ring (bicyclic) bond motifs is 1. The Balaban J connectivity index is 1.46. The minimum atomic E-state index is -0.472. The van der Waals surface area contributed by atoms with E-state index >= 15 is 0 Å². The van der Waals surface area contributed by atoms with E-state index < -0.39 is 5.82 Å². The number of hydrogen-bond acceptors (Lipinski definition) is 5. The second-order valence-corrected chi connectivity index (χ2v) is 6.64. The van der Waals surface area contributed by atoms with Crippen molar-refractivity contribution < 1.29 is 13.9 Å². The first-order valence-corrected chi connectivity index (χ1v) is 8.92. The number of halogens is 1. The molecule has 1 unspecified atom stereocenters. The van der Waals surface area contributed by atoms with Crippen LogP contribution in [0.4, 0.5) is 4.39 Å². The lowest BCUT2D eigenvalue weighted by Crippen LogP contribution is -2.41. The molecule has 0 radical (unpaired) electrons. The van der Waals surface area contributed by atoms with Crippen LogP contribution in [0, 0.1) is 5.82 Å². The summed E-state index contributed by atoms with van der Waals surface area (Å²) < 4.78 is 20.7. The molecule has 4 rings (SSSR count). The lowest BCUT2D eigenvalue weighted by Gasteiger charge is -2.32. The summed E-state index contributed by atoms with van der Waals surface area (Å²) in [7, 11) is 1.84. The Bertz CT molecular complexity index is 974. The van der Waals surface area contributed by atoms with Gasteiger partial charge in [0.25, 0.3) is 5.91 Å². The smallest absolute Gasteiger partial charge is 0.260 e. The fourth-order valence-electron chi connectivity index (χ4n) is 3.50. The summed E-state index contributed by atoms with van der Waals surface area (Å²) in [5, 5.41) is 4.59. The van der Waals surface area contributed by atoms with Crippen molar-refractivity contribution in [2.45, 2.75) is 18.8 Å².